The summed E-state index contributed by atoms with van der Waals surface area (Å²) in [6, 6.07) is 3.99. The summed E-state index contributed by atoms with van der Waals surface area (Å²) in [5, 5.41) is 15.8. The van der Waals surface area contributed by atoms with Crippen LogP contribution in [0.1, 0.15) is 29.8 Å². The Morgan fingerprint density at radius 1 is 1.24 bits per heavy atom. The molecule has 0 bridgehead atoms. The van der Waals surface area contributed by atoms with Gasteiger partial charge in [-0.3, -0.25) is 9.59 Å². The summed E-state index contributed by atoms with van der Waals surface area (Å²) >= 11 is 3.02. The molecule has 0 saturated heterocycles. The van der Waals surface area contributed by atoms with Crippen LogP contribution in [0.3, 0.4) is 0 Å². The zero-order valence-corrected chi connectivity index (χ0v) is 13.0. The van der Waals surface area contributed by atoms with Crippen molar-refractivity contribution in [1.29, 1.82) is 0 Å². The quantitative estimate of drug-likeness (QED) is 0.781. The molecule has 0 aliphatic heterocycles. The average Bonchev–Trinajstić information content (AvgIpc) is 3.08. The normalized spacial score (nSPS) is 10.5. The van der Waals surface area contributed by atoms with Gasteiger partial charge < -0.3 is 10.4 Å². The van der Waals surface area contributed by atoms with E-state index in [4.69, 9.17) is 5.11 Å². The van der Waals surface area contributed by atoms with Crippen LogP contribution in [0.15, 0.2) is 22.9 Å². The lowest BCUT2D eigenvalue weighted by Crippen LogP contribution is -2.11. The van der Waals surface area contributed by atoms with E-state index in [-0.39, 0.29) is 12.3 Å². The van der Waals surface area contributed by atoms with Crippen molar-refractivity contribution >= 4 is 39.7 Å². The Labute approximate surface area is 130 Å². The van der Waals surface area contributed by atoms with Gasteiger partial charge in [-0.1, -0.05) is 6.07 Å². The number of thiazole rings is 1. The van der Waals surface area contributed by atoms with Crippen molar-refractivity contribution in [2.45, 2.75) is 32.1 Å². The van der Waals surface area contributed by atoms with Crippen molar-refractivity contribution in [2.24, 2.45) is 0 Å². The summed E-state index contributed by atoms with van der Waals surface area (Å²) in [7, 11) is 0. The van der Waals surface area contributed by atoms with E-state index in [1.165, 1.54) is 16.2 Å². The van der Waals surface area contributed by atoms with Crippen LogP contribution in [-0.2, 0) is 22.4 Å². The molecule has 2 aromatic heterocycles. The number of hydrogen-bond acceptors (Lipinski definition) is 5. The maximum absolute atomic E-state index is 11.8. The van der Waals surface area contributed by atoms with Crippen molar-refractivity contribution in [3.63, 3.8) is 0 Å². The van der Waals surface area contributed by atoms with Crippen LogP contribution in [0.5, 0.6) is 0 Å². The highest BCUT2D eigenvalue weighted by Gasteiger charge is 2.08. The van der Waals surface area contributed by atoms with Crippen LogP contribution >= 0.6 is 22.7 Å². The molecule has 0 fully saturated rings. The summed E-state index contributed by atoms with van der Waals surface area (Å²) in [5.74, 6) is -0.845. The third-order valence-corrected chi connectivity index (χ3v) is 4.54. The van der Waals surface area contributed by atoms with Crippen molar-refractivity contribution in [3.8, 4) is 0 Å². The number of aromatic nitrogens is 1. The summed E-state index contributed by atoms with van der Waals surface area (Å²) in [6.45, 7) is 0. The van der Waals surface area contributed by atoms with Crippen LogP contribution in [0.2, 0.25) is 0 Å². The topological polar surface area (TPSA) is 79.3 Å². The number of thiophene rings is 1. The molecule has 5 nitrogen and oxygen atoms in total. The SMILES string of the molecule is O=C(O)CCCc1csc(NC(=O)CCc2cccs2)n1. The van der Waals surface area contributed by atoms with Gasteiger partial charge in [0.05, 0.1) is 5.69 Å². The molecule has 0 aromatic carbocycles. The lowest BCUT2D eigenvalue weighted by Gasteiger charge is -2.00. The largest absolute Gasteiger partial charge is 0.481 e. The van der Waals surface area contributed by atoms with Gasteiger partial charge in [0.1, 0.15) is 0 Å². The first-order chi connectivity index (χ1) is 10.1. The summed E-state index contributed by atoms with van der Waals surface area (Å²) in [4.78, 5) is 27.7. The number of nitrogens with one attached hydrogen (secondary N) is 1. The lowest BCUT2D eigenvalue weighted by molar-refractivity contribution is -0.137. The van der Waals surface area contributed by atoms with E-state index in [2.05, 4.69) is 10.3 Å². The Kier molecular flexibility index (Phi) is 5.89. The minimum Gasteiger partial charge on any atom is -0.481 e. The molecule has 1 amide bonds. The second-order valence-corrected chi connectivity index (χ2v) is 6.41. The van der Waals surface area contributed by atoms with Gasteiger partial charge in [0, 0.05) is 23.1 Å². The van der Waals surface area contributed by atoms with Crippen LogP contribution in [0.4, 0.5) is 5.13 Å². The molecule has 7 heteroatoms. The molecule has 2 N–H and O–H groups in total. The molecular weight excluding hydrogens is 308 g/mol. The molecule has 21 heavy (non-hydrogen) atoms. The number of carbonyl (C=O) groups excluding carboxylic acids is 1. The Bertz CT molecular complexity index is 593. The van der Waals surface area contributed by atoms with Gasteiger partial charge in [-0.2, -0.15) is 0 Å². The van der Waals surface area contributed by atoms with Gasteiger partial charge in [0.2, 0.25) is 5.91 Å². The van der Waals surface area contributed by atoms with Gasteiger partial charge in [-0.25, -0.2) is 4.98 Å². The Balaban J connectivity index is 1.73. The molecular formula is C14H16N2O3S2. The van der Waals surface area contributed by atoms with E-state index in [0.717, 1.165) is 12.1 Å². The number of carbonyl (C=O) groups is 2. The monoisotopic (exact) mass is 324 g/mol. The van der Waals surface area contributed by atoms with Crippen LogP contribution in [0, 0.1) is 0 Å². The molecule has 0 unspecified atom stereocenters. The van der Waals surface area contributed by atoms with E-state index in [9.17, 15) is 9.59 Å². The number of aryl methyl sites for hydroxylation is 2. The summed E-state index contributed by atoms with van der Waals surface area (Å²) < 4.78 is 0. The molecule has 0 aliphatic rings. The molecule has 2 rings (SSSR count). The van der Waals surface area contributed by atoms with E-state index in [1.807, 2.05) is 22.9 Å². The van der Waals surface area contributed by atoms with Gasteiger partial charge in [-0.15, -0.1) is 22.7 Å². The maximum Gasteiger partial charge on any atom is 0.303 e. The number of rotatable bonds is 8. The standard InChI is InChI=1S/C14H16N2O3S2/c17-12(7-6-11-4-2-8-20-11)16-14-15-10(9-21-14)3-1-5-13(18)19/h2,4,8-9H,1,3,5-7H2,(H,18,19)(H,15,16,17). The molecule has 0 atom stereocenters. The lowest BCUT2D eigenvalue weighted by atomic mass is 10.2. The third kappa shape index (κ3) is 5.65. The zero-order chi connectivity index (χ0) is 15.1. The smallest absolute Gasteiger partial charge is 0.303 e. The highest BCUT2D eigenvalue weighted by molar-refractivity contribution is 7.14. The fourth-order valence-corrected chi connectivity index (χ4v) is 3.24. The van der Waals surface area contributed by atoms with Crippen LogP contribution < -0.4 is 5.32 Å². The van der Waals surface area contributed by atoms with E-state index in [1.54, 1.807) is 11.3 Å². The first-order valence-electron chi connectivity index (χ1n) is 6.62. The van der Waals surface area contributed by atoms with Crippen LogP contribution in [0.25, 0.3) is 0 Å². The number of amides is 1. The van der Waals surface area contributed by atoms with E-state index >= 15 is 0 Å². The summed E-state index contributed by atoms with van der Waals surface area (Å²) in [6.07, 6.45) is 2.49. The number of carboxylic acid groups (broad SMARTS) is 1. The molecule has 0 spiro atoms. The molecule has 0 radical (unpaired) electrons. The second kappa shape index (κ2) is 7.90. The fraction of sp³-hybridized carbons (Fsp3) is 0.357. The van der Waals surface area contributed by atoms with E-state index < -0.39 is 5.97 Å². The number of carboxylic acids is 1. The minimum atomic E-state index is -0.799. The molecule has 112 valence electrons. The number of nitrogens with zero attached hydrogens (tertiary/aromatic N) is 1. The average molecular weight is 324 g/mol. The summed E-state index contributed by atoms with van der Waals surface area (Å²) in [5.41, 5.74) is 0.829. The Morgan fingerprint density at radius 2 is 2.10 bits per heavy atom. The molecule has 2 aromatic rings. The first kappa shape index (κ1) is 15.7. The molecule has 0 saturated carbocycles. The van der Waals surface area contributed by atoms with E-state index in [0.29, 0.717) is 24.4 Å². The van der Waals surface area contributed by atoms with Crippen molar-refractivity contribution in [2.75, 3.05) is 5.32 Å². The molecule has 0 aliphatic carbocycles. The van der Waals surface area contributed by atoms with Crippen molar-refractivity contribution in [3.05, 3.63) is 33.5 Å². The second-order valence-electron chi connectivity index (χ2n) is 4.52. The maximum atomic E-state index is 11.8. The number of anilines is 1. The van der Waals surface area contributed by atoms with Gasteiger partial charge in [0.15, 0.2) is 5.13 Å². The Morgan fingerprint density at radius 3 is 2.81 bits per heavy atom. The highest BCUT2D eigenvalue weighted by Crippen LogP contribution is 2.18. The predicted octanol–water partition coefficient (Wildman–Crippen LogP) is 3.18. The molecule has 2 heterocycles. The predicted molar refractivity (Wildman–Crippen MR) is 84.0 cm³/mol. The zero-order valence-electron chi connectivity index (χ0n) is 11.4. The number of aliphatic carboxylic acids is 1. The van der Waals surface area contributed by atoms with Crippen molar-refractivity contribution < 1.29 is 14.7 Å². The van der Waals surface area contributed by atoms with Crippen molar-refractivity contribution in [1.82, 2.24) is 4.98 Å². The van der Waals surface area contributed by atoms with Gasteiger partial charge in [-0.05, 0) is 30.7 Å². The number of hydrogen-bond donors (Lipinski definition) is 2. The minimum absolute atomic E-state index is 0.0464. The third-order valence-electron chi connectivity index (χ3n) is 2.80. The van der Waals surface area contributed by atoms with Crippen LogP contribution in [-0.4, -0.2) is 22.0 Å². The van der Waals surface area contributed by atoms with Gasteiger partial charge in [0.25, 0.3) is 0 Å². The fourth-order valence-electron chi connectivity index (χ4n) is 1.77. The highest BCUT2D eigenvalue weighted by atomic mass is 32.1. The Hall–Kier alpha value is -1.73. The first-order valence-corrected chi connectivity index (χ1v) is 8.38. The van der Waals surface area contributed by atoms with Gasteiger partial charge >= 0.3 is 5.97 Å².